The van der Waals surface area contributed by atoms with E-state index in [0.717, 1.165) is 12.1 Å². The number of hydrogen-bond acceptors (Lipinski definition) is 4. The summed E-state index contributed by atoms with van der Waals surface area (Å²) in [6, 6.07) is -0.687. The molecule has 0 aromatic heterocycles. The summed E-state index contributed by atoms with van der Waals surface area (Å²) in [5.74, 6) is -8.27. The van der Waals surface area contributed by atoms with Gasteiger partial charge in [-0.2, -0.15) is 8.78 Å². The molecular weight excluding hydrogens is 287 g/mol. The number of carbonyl (C=O) groups is 1. The predicted molar refractivity (Wildman–Crippen MR) is 61.6 cm³/mol. The number of nitrogens with two attached hydrogens (primary N) is 1. The molecular formula is C11H11ClF3NO3. The van der Waals surface area contributed by atoms with Crippen LogP contribution in [0.3, 0.4) is 0 Å². The molecule has 1 atom stereocenters. The Kier molecular flexibility index (Phi) is 4.65. The van der Waals surface area contributed by atoms with Crippen LogP contribution in [-0.4, -0.2) is 23.6 Å². The van der Waals surface area contributed by atoms with E-state index in [9.17, 15) is 23.1 Å². The van der Waals surface area contributed by atoms with Crippen molar-refractivity contribution in [3.8, 4) is 5.75 Å². The van der Waals surface area contributed by atoms with E-state index in [-0.39, 0.29) is 11.6 Å². The van der Waals surface area contributed by atoms with Crippen LogP contribution < -0.4 is 5.73 Å². The standard InChI is InChI=1S/C11H11ClF3NO3/c1-2-19-10(18)11(14,15)9(16)6-3-5(12)4-7(13)8(6)17/h3-4,9,17H,2,16H2,1H3/t9-/m0/s1. The Bertz CT molecular complexity index is 496. The third kappa shape index (κ3) is 3.10. The summed E-state index contributed by atoms with van der Waals surface area (Å²) in [5, 5.41) is 9.13. The fourth-order valence-electron chi connectivity index (χ4n) is 1.37. The number of halogens is 4. The van der Waals surface area contributed by atoms with Crippen LogP contribution in [0.25, 0.3) is 0 Å². The van der Waals surface area contributed by atoms with Gasteiger partial charge < -0.3 is 15.6 Å². The molecule has 3 N–H and O–H groups in total. The summed E-state index contributed by atoms with van der Waals surface area (Å²) in [6.07, 6.45) is 0. The average molecular weight is 298 g/mol. The zero-order chi connectivity index (χ0) is 14.8. The number of hydrogen-bond donors (Lipinski definition) is 2. The molecule has 0 bridgehead atoms. The minimum absolute atomic E-state index is 0.236. The minimum atomic E-state index is -4.12. The normalized spacial score (nSPS) is 13.2. The highest BCUT2D eigenvalue weighted by Crippen LogP contribution is 2.37. The van der Waals surface area contributed by atoms with Crippen molar-refractivity contribution in [1.82, 2.24) is 0 Å². The SMILES string of the molecule is CCOC(=O)C(F)(F)[C@@H](N)c1cc(Cl)cc(F)c1O. The second-order valence-corrected chi connectivity index (χ2v) is 4.08. The van der Waals surface area contributed by atoms with E-state index < -0.39 is 35.1 Å². The van der Waals surface area contributed by atoms with Crippen LogP contribution in [-0.2, 0) is 9.53 Å². The molecule has 1 aromatic carbocycles. The van der Waals surface area contributed by atoms with Crippen molar-refractivity contribution < 1.29 is 27.8 Å². The molecule has 0 spiro atoms. The highest BCUT2D eigenvalue weighted by molar-refractivity contribution is 6.30. The number of ether oxygens (including phenoxy) is 1. The van der Waals surface area contributed by atoms with E-state index in [4.69, 9.17) is 17.3 Å². The molecule has 0 aliphatic carbocycles. The summed E-state index contributed by atoms with van der Waals surface area (Å²) in [6.45, 7) is 1.08. The van der Waals surface area contributed by atoms with Gasteiger partial charge in [-0.25, -0.2) is 9.18 Å². The molecule has 0 saturated carbocycles. The summed E-state index contributed by atoms with van der Waals surface area (Å²) in [5.41, 5.74) is 4.53. The van der Waals surface area contributed by atoms with Gasteiger partial charge in [-0.15, -0.1) is 0 Å². The number of carbonyl (C=O) groups excluding carboxylic acids is 1. The summed E-state index contributed by atoms with van der Waals surface area (Å²) < 4.78 is 44.7. The van der Waals surface area contributed by atoms with E-state index in [1.165, 1.54) is 6.92 Å². The number of phenolic OH excluding ortho intramolecular Hbond substituents is 1. The summed E-state index contributed by atoms with van der Waals surface area (Å²) in [7, 11) is 0. The highest BCUT2D eigenvalue weighted by atomic mass is 35.5. The molecule has 1 aromatic rings. The van der Waals surface area contributed by atoms with Crippen LogP contribution >= 0.6 is 11.6 Å². The maximum absolute atomic E-state index is 13.7. The molecule has 0 saturated heterocycles. The number of phenols is 1. The van der Waals surface area contributed by atoms with Gasteiger partial charge in [0.15, 0.2) is 11.6 Å². The van der Waals surface area contributed by atoms with Crippen LogP contribution in [0.2, 0.25) is 5.02 Å². The van der Waals surface area contributed by atoms with Crippen LogP contribution in [0.1, 0.15) is 18.5 Å². The van der Waals surface area contributed by atoms with Gasteiger partial charge in [0.05, 0.1) is 6.61 Å². The summed E-state index contributed by atoms with van der Waals surface area (Å²) >= 11 is 5.49. The molecule has 0 amide bonds. The Morgan fingerprint density at radius 1 is 1.58 bits per heavy atom. The van der Waals surface area contributed by atoms with Gasteiger partial charge >= 0.3 is 11.9 Å². The molecule has 0 heterocycles. The average Bonchev–Trinajstić information content (AvgIpc) is 2.33. The molecule has 4 nitrogen and oxygen atoms in total. The largest absolute Gasteiger partial charge is 0.505 e. The first-order chi connectivity index (χ1) is 8.71. The van der Waals surface area contributed by atoms with E-state index in [1.54, 1.807) is 0 Å². The van der Waals surface area contributed by atoms with Crippen LogP contribution in [0.5, 0.6) is 5.75 Å². The van der Waals surface area contributed by atoms with Gasteiger partial charge in [0.25, 0.3) is 0 Å². The van der Waals surface area contributed by atoms with E-state index in [1.807, 2.05) is 0 Å². The van der Waals surface area contributed by atoms with Gasteiger partial charge in [-0.05, 0) is 19.1 Å². The predicted octanol–water partition coefficient (Wildman–Crippen LogP) is 2.38. The molecule has 0 fully saturated rings. The Morgan fingerprint density at radius 3 is 2.68 bits per heavy atom. The number of aromatic hydroxyl groups is 1. The highest BCUT2D eigenvalue weighted by Gasteiger charge is 2.49. The topological polar surface area (TPSA) is 72.5 Å². The smallest absolute Gasteiger partial charge is 0.379 e. The quantitative estimate of drug-likeness (QED) is 0.837. The number of esters is 1. The third-order valence-corrected chi connectivity index (χ3v) is 2.55. The molecule has 1 rings (SSSR count). The lowest BCUT2D eigenvalue weighted by molar-refractivity contribution is -0.174. The van der Waals surface area contributed by atoms with Crippen molar-refractivity contribution in [2.24, 2.45) is 5.73 Å². The van der Waals surface area contributed by atoms with Gasteiger partial charge in [0, 0.05) is 10.6 Å². The second kappa shape index (κ2) is 5.66. The van der Waals surface area contributed by atoms with Crippen molar-refractivity contribution in [1.29, 1.82) is 0 Å². The molecule has 106 valence electrons. The summed E-state index contributed by atoms with van der Waals surface area (Å²) in [4.78, 5) is 11.1. The first kappa shape index (κ1) is 15.6. The third-order valence-electron chi connectivity index (χ3n) is 2.33. The first-order valence-corrected chi connectivity index (χ1v) is 5.58. The fourth-order valence-corrected chi connectivity index (χ4v) is 1.59. The van der Waals surface area contributed by atoms with Gasteiger partial charge in [0.2, 0.25) is 0 Å². The molecule has 0 radical (unpaired) electrons. The van der Waals surface area contributed by atoms with Crippen LogP contribution in [0.15, 0.2) is 12.1 Å². The Balaban J connectivity index is 3.19. The maximum Gasteiger partial charge on any atom is 0.379 e. The molecule has 0 unspecified atom stereocenters. The lowest BCUT2D eigenvalue weighted by Gasteiger charge is -2.22. The van der Waals surface area contributed by atoms with Gasteiger partial charge in [-0.1, -0.05) is 11.6 Å². The van der Waals surface area contributed by atoms with Crippen molar-refractivity contribution in [3.63, 3.8) is 0 Å². The van der Waals surface area contributed by atoms with Crippen LogP contribution in [0, 0.1) is 5.82 Å². The van der Waals surface area contributed by atoms with Gasteiger partial charge in [-0.3, -0.25) is 0 Å². The Labute approximate surface area is 111 Å². The van der Waals surface area contributed by atoms with Crippen molar-refractivity contribution >= 4 is 17.6 Å². The lowest BCUT2D eigenvalue weighted by Crippen LogP contribution is -2.41. The molecule has 0 aliphatic rings. The number of rotatable bonds is 4. The zero-order valence-electron chi connectivity index (χ0n) is 9.79. The van der Waals surface area contributed by atoms with Gasteiger partial charge in [0.1, 0.15) is 6.04 Å². The molecule has 19 heavy (non-hydrogen) atoms. The van der Waals surface area contributed by atoms with Crippen LogP contribution in [0.4, 0.5) is 13.2 Å². The second-order valence-electron chi connectivity index (χ2n) is 3.65. The number of alkyl halides is 2. The van der Waals surface area contributed by atoms with E-state index >= 15 is 0 Å². The minimum Gasteiger partial charge on any atom is -0.505 e. The fraction of sp³-hybridized carbons (Fsp3) is 0.364. The Hall–Kier alpha value is -1.47. The number of benzene rings is 1. The molecule has 8 heteroatoms. The van der Waals surface area contributed by atoms with Crippen molar-refractivity contribution in [2.45, 2.75) is 18.9 Å². The van der Waals surface area contributed by atoms with Crippen molar-refractivity contribution in [3.05, 3.63) is 28.5 Å². The monoisotopic (exact) mass is 297 g/mol. The molecule has 0 aliphatic heterocycles. The Morgan fingerprint density at radius 2 is 2.16 bits per heavy atom. The van der Waals surface area contributed by atoms with E-state index in [0.29, 0.717) is 0 Å². The maximum atomic E-state index is 13.7. The zero-order valence-corrected chi connectivity index (χ0v) is 10.5. The van der Waals surface area contributed by atoms with Crippen molar-refractivity contribution in [2.75, 3.05) is 6.61 Å². The first-order valence-electron chi connectivity index (χ1n) is 5.20. The van der Waals surface area contributed by atoms with E-state index in [2.05, 4.69) is 4.74 Å². The lowest BCUT2D eigenvalue weighted by atomic mass is 10.00.